The van der Waals surface area contributed by atoms with E-state index in [2.05, 4.69) is 22.0 Å². The van der Waals surface area contributed by atoms with Gasteiger partial charge in [0.1, 0.15) is 6.54 Å². The van der Waals surface area contributed by atoms with Crippen LogP contribution in [0.25, 0.3) is 17.0 Å². The molecule has 1 unspecified atom stereocenters. The number of carbonyl (C=O) groups is 1. The molecule has 0 saturated heterocycles. The summed E-state index contributed by atoms with van der Waals surface area (Å²) in [7, 11) is 0. The highest BCUT2D eigenvalue weighted by Gasteiger charge is 2.39. The number of anilines is 1. The molecule has 0 saturated carbocycles. The monoisotopic (exact) mass is 456 g/mol. The zero-order chi connectivity index (χ0) is 23.9. The lowest BCUT2D eigenvalue weighted by molar-refractivity contribution is -0.142. The second kappa shape index (κ2) is 8.34. The van der Waals surface area contributed by atoms with Gasteiger partial charge in [0.25, 0.3) is 5.91 Å². The Kier molecular flexibility index (Phi) is 5.69. The highest BCUT2D eigenvalue weighted by atomic mass is 19.4. The molecule has 0 radical (unpaired) electrons. The first-order chi connectivity index (χ1) is 15.6. The number of nitrogens with one attached hydrogen (secondary N) is 1. The van der Waals surface area contributed by atoms with Gasteiger partial charge in [-0.1, -0.05) is 6.58 Å². The van der Waals surface area contributed by atoms with Gasteiger partial charge in [-0.2, -0.15) is 18.3 Å². The van der Waals surface area contributed by atoms with Crippen molar-refractivity contribution in [3.63, 3.8) is 0 Å². The number of aromatic nitrogens is 4. The van der Waals surface area contributed by atoms with E-state index in [1.54, 1.807) is 19.3 Å². The molecule has 4 rings (SSSR count). The van der Waals surface area contributed by atoms with Gasteiger partial charge in [0.05, 0.1) is 34.9 Å². The van der Waals surface area contributed by atoms with Crippen LogP contribution in [0.15, 0.2) is 43.5 Å². The average Bonchev–Trinajstić information content (AvgIpc) is 3.29. The summed E-state index contributed by atoms with van der Waals surface area (Å²) < 4.78 is 38.9. The molecule has 0 spiro atoms. The summed E-state index contributed by atoms with van der Waals surface area (Å²) in [5.41, 5.74) is 5.04. The number of alkyl halides is 3. The number of hydrogen-bond donors (Lipinski definition) is 1. The van der Waals surface area contributed by atoms with Crippen LogP contribution in [0.3, 0.4) is 0 Å². The lowest BCUT2D eigenvalue weighted by Crippen LogP contribution is -2.26. The normalized spacial score (nSPS) is 15.6. The molecule has 3 aromatic heterocycles. The number of nitrogens with zero attached hydrogens (tertiary/aromatic N) is 5. The highest BCUT2D eigenvalue weighted by molar-refractivity contribution is 6.11. The van der Waals surface area contributed by atoms with Crippen LogP contribution < -0.4 is 10.2 Å². The summed E-state index contributed by atoms with van der Waals surface area (Å²) in [5.74, 6) is -0.312. The Labute approximate surface area is 189 Å². The zero-order valence-electron chi connectivity index (χ0n) is 18.4. The molecular weight excluding hydrogens is 433 g/mol. The van der Waals surface area contributed by atoms with Crippen molar-refractivity contribution in [1.29, 1.82) is 0 Å². The topological polar surface area (TPSA) is 75.9 Å². The fourth-order valence-electron chi connectivity index (χ4n) is 3.99. The minimum absolute atomic E-state index is 0.293. The molecule has 0 aromatic carbocycles. The van der Waals surface area contributed by atoms with Crippen molar-refractivity contribution in [2.75, 3.05) is 11.4 Å². The number of halogens is 3. The van der Waals surface area contributed by atoms with Crippen LogP contribution >= 0.6 is 0 Å². The minimum atomic E-state index is -4.40. The summed E-state index contributed by atoms with van der Waals surface area (Å²) in [6, 6.07) is 3.27. The number of aryl methyl sites for hydroxylation is 1. The van der Waals surface area contributed by atoms with Crippen molar-refractivity contribution < 1.29 is 18.0 Å². The van der Waals surface area contributed by atoms with E-state index in [-0.39, 0.29) is 5.91 Å². The number of amides is 1. The van der Waals surface area contributed by atoms with E-state index in [1.807, 2.05) is 26.0 Å². The Morgan fingerprint density at radius 2 is 2.00 bits per heavy atom. The van der Waals surface area contributed by atoms with E-state index in [1.165, 1.54) is 17.3 Å². The van der Waals surface area contributed by atoms with Gasteiger partial charge >= 0.3 is 6.18 Å². The van der Waals surface area contributed by atoms with E-state index in [9.17, 15) is 18.0 Å². The fraction of sp³-hybridized carbons (Fsp3) is 0.304. The first kappa shape index (κ1) is 22.5. The second-order valence-electron chi connectivity index (χ2n) is 7.92. The number of pyridine rings is 2. The average molecular weight is 456 g/mol. The van der Waals surface area contributed by atoms with E-state index in [0.29, 0.717) is 22.6 Å². The molecule has 172 valence electrons. The third-order valence-electron chi connectivity index (χ3n) is 5.47. The predicted molar refractivity (Wildman–Crippen MR) is 118 cm³/mol. The van der Waals surface area contributed by atoms with Gasteiger partial charge in [-0.3, -0.25) is 19.4 Å². The summed E-state index contributed by atoms with van der Waals surface area (Å²) in [6.07, 6.45) is 1.49. The van der Waals surface area contributed by atoms with Crippen LogP contribution in [0.1, 0.15) is 47.1 Å². The molecule has 1 atom stereocenters. The lowest BCUT2D eigenvalue weighted by atomic mass is 10.0. The van der Waals surface area contributed by atoms with Crippen molar-refractivity contribution in [3.05, 3.63) is 65.9 Å². The van der Waals surface area contributed by atoms with E-state index < -0.39 is 18.8 Å². The second-order valence-corrected chi connectivity index (χ2v) is 7.92. The van der Waals surface area contributed by atoms with Crippen LogP contribution in [0.4, 0.5) is 18.9 Å². The molecule has 1 aliphatic heterocycles. The third-order valence-corrected chi connectivity index (χ3v) is 5.47. The van der Waals surface area contributed by atoms with Crippen LogP contribution in [-0.4, -0.2) is 38.4 Å². The standard InChI is InChI=1S/C23H23F3N6O/c1-5-28-14(3)16-7-17(9-27-8-16)19-6-13(2)20-21(30-19)15(4)32(22(20)33)18-10-29-31(11-18)12-23(24,25)26/h6-11,15,28H,3,5,12H2,1-2,4H3. The number of rotatable bonds is 6. The molecule has 10 heteroatoms. The van der Waals surface area contributed by atoms with Crippen LogP contribution in [0, 0.1) is 6.92 Å². The first-order valence-electron chi connectivity index (χ1n) is 10.4. The Hall–Kier alpha value is -3.69. The van der Waals surface area contributed by atoms with Gasteiger partial charge in [0, 0.05) is 42.0 Å². The molecule has 1 aliphatic rings. The van der Waals surface area contributed by atoms with Crippen molar-refractivity contribution in [3.8, 4) is 11.3 Å². The van der Waals surface area contributed by atoms with Crippen molar-refractivity contribution in [1.82, 2.24) is 25.1 Å². The molecule has 1 N–H and O–H groups in total. The Morgan fingerprint density at radius 1 is 1.24 bits per heavy atom. The van der Waals surface area contributed by atoms with E-state index in [4.69, 9.17) is 4.98 Å². The molecule has 1 amide bonds. The molecular formula is C23H23F3N6O. The summed E-state index contributed by atoms with van der Waals surface area (Å²) in [4.78, 5) is 23.6. The Morgan fingerprint density at radius 3 is 2.70 bits per heavy atom. The highest BCUT2D eigenvalue weighted by Crippen LogP contribution is 2.39. The van der Waals surface area contributed by atoms with Gasteiger partial charge < -0.3 is 5.32 Å². The Bertz CT molecular complexity index is 1230. The van der Waals surface area contributed by atoms with Crippen molar-refractivity contribution in [2.45, 2.75) is 39.5 Å². The maximum absolute atomic E-state index is 13.2. The van der Waals surface area contributed by atoms with Gasteiger partial charge in [0.2, 0.25) is 0 Å². The van der Waals surface area contributed by atoms with E-state index in [0.717, 1.165) is 33.6 Å². The maximum atomic E-state index is 13.2. The molecule has 3 aromatic rings. The molecule has 0 bridgehead atoms. The quantitative estimate of drug-likeness (QED) is 0.591. The molecule has 33 heavy (non-hydrogen) atoms. The van der Waals surface area contributed by atoms with Crippen LogP contribution in [0.5, 0.6) is 0 Å². The summed E-state index contributed by atoms with van der Waals surface area (Å²) in [6.45, 7) is 9.11. The molecule has 4 heterocycles. The van der Waals surface area contributed by atoms with Crippen LogP contribution in [0.2, 0.25) is 0 Å². The maximum Gasteiger partial charge on any atom is 0.408 e. The largest absolute Gasteiger partial charge is 0.408 e. The molecule has 0 aliphatic carbocycles. The predicted octanol–water partition coefficient (Wildman–Crippen LogP) is 4.51. The van der Waals surface area contributed by atoms with Crippen LogP contribution in [-0.2, 0) is 6.54 Å². The summed E-state index contributed by atoms with van der Waals surface area (Å²) >= 11 is 0. The van der Waals surface area contributed by atoms with Crippen molar-refractivity contribution >= 4 is 17.3 Å². The number of hydrogen-bond acceptors (Lipinski definition) is 5. The van der Waals surface area contributed by atoms with Gasteiger partial charge in [0.15, 0.2) is 0 Å². The van der Waals surface area contributed by atoms with Gasteiger partial charge in [-0.05, 0) is 38.5 Å². The smallest absolute Gasteiger partial charge is 0.385 e. The Balaban J connectivity index is 1.69. The van der Waals surface area contributed by atoms with Gasteiger partial charge in [-0.15, -0.1) is 0 Å². The van der Waals surface area contributed by atoms with Crippen molar-refractivity contribution in [2.24, 2.45) is 0 Å². The number of carbonyl (C=O) groups excluding carboxylic acids is 1. The van der Waals surface area contributed by atoms with Gasteiger partial charge in [-0.25, -0.2) is 4.98 Å². The van der Waals surface area contributed by atoms with E-state index >= 15 is 0 Å². The molecule has 7 nitrogen and oxygen atoms in total. The minimum Gasteiger partial charge on any atom is -0.385 e. The number of fused-ring (bicyclic) bond motifs is 1. The fourth-order valence-corrected chi connectivity index (χ4v) is 3.99. The zero-order valence-corrected chi connectivity index (χ0v) is 18.4. The first-order valence-corrected chi connectivity index (χ1v) is 10.4. The SMILES string of the molecule is C=C(NCC)c1cncc(-c2cc(C)c3c(n2)C(C)N(c2cnn(CC(F)(F)F)c2)C3=O)c1. The molecule has 0 fully saturated rings. The lowest BCUT2D eigenvalue weighted by Gasteiger charge is -2.19. The summed E-state index contributed by atoms with van der Waals surface area (Å²) in [5, 5.41) is 6.93. The third kappa shape index (κ3) is 4.33.